The van der Waals surface area contributed by atoms with Gasteiger partial charge in [0.25, 0.3) is 0 Å². The zero-order valence-electron chi connectivity index (χ0n) is 6.97. The topological polar surface area (TPSA) is 120 Å². The van der Waals surface area contributed by atoms with Crippen molar-refractivity contribution in [3.05, 3.63) is 17.6 Å². The molecule has 1 aromatic carbocycles. The van der Waals surface area contributed by atoms with Crippen molar-refractivity contribution in [2.75, 3.05) is 5.73 Å². The first-order chi connectivity index (χ1) is 6.54. The van der Waals surface area contributed by atoms with Crippen LogP contribution in [0.4, 0.5) is 5.69 Å². The molecule has 0 radical (unpaired) electrons. The van der Waals surface area contributed by atoms with Crippen LogP contribution in [0.3, 0.4) is 0 Å². The molecule has 2 aromatic rings. The van der Waals surface area contributed by atoms with Gasteiger partial charge in [-0.15, -0.1) is 0 Å². The minimum absolute atomic E-state index is 0.00463. The van der Waals surface area contributed by atoms with Gasteiger partial charge in [0.05, 0.1) is 11.1 Å². The quantitative estimate of drug-likeness (QED) is 0.225. The van der Waals surface area contributed by atoms with Gasteiger partial charge in [-0.1, -0.05) is 9.69 Å². The number of phenolic OH excluding ortho intramolecular Hbond substituents is 1. The molecule has 0 aliphatic rings. The number of fused-ring (bicyclic) bond motifs is 1. The van der Waals surface area contributed by atoms with Gasteiger partial charge in [0, 0.05) is 0 Å². The van der Waals surface area contributed by atoms with Gasteiger partial charge in [0.1, 0.15) is 5.52 Å². The molecular formula is C7H8N4O3. The summed E-state index contributed by atoms with van der Waals surface area (Å²) in [6.45, 7) is 0. The monoisotopic (exact) mass is 196 g/mol. The van der Waals surface area contributed by atoms with Crippen LogP contribution < -0.4 is 11.2 Å². The van der Waals surface area contributed by atoms with Crippen LogP contribution in [0, 0.1) is 5.41 Å². The summed E-state index contributed by atoms with van der Waals surface area (Å²) in [6.07, 6.45) is 0. The molecule has 0 spiro atoms. The minimum Gasteiger partial charge on any atom is -0.505 e. The molecule has 0 saturated heterocycles. The molecule has 1 aromatic heterocycles. The van der Waals surface area contributed by atoms with E-state index >= 15 is 0 Å². The van der Waals surface area contributed by atoms with E-state index in [4.69, 9.17) is 16.4 Å². The summed E-state index contributed by atoms with van der Waals surface area (Å²) in [5.41, 5.74) is 5.14. The van der Waals surface area contributed by atoms with E-state index in [-0.39, 0.29) is 27.2 Å². The molecule has 0 unspecified atom stereocenters. The molecule has 7 nitrogen and oxygen atoms in total. The molecule has 0 aliphatic carbocycles. The Morgan fingerprint density at radius 2 is 1.86 bits per heavy atom. The van der Waals surface area contributed by atoms with E-state index in [0.717, 1.165) is 0 Å². The molecule has 0 saturated carbocycles. The number of rotatable bonds is 0. The standard InChI is InChI=1S/C7H8N4O3/c8-3-1-2-4-5(6(3)12)7(9)11(14)10(4)13/h1-2,9,12-14H,8H2. The Morgan fingerprint density at radius 3 is 2.50 bits per heavy atom. The summed E-state index contributed by atoms with van der Waals surface area (Å²) in [7, 11) is 0. The average Bonchev–Trinajstić information content (AvgIpc) is 2.38. The number of phenols is 1. The lowest BCUT2D eigenvalue weighted by Gasteiger charge is -1.98. The van der Waals surface area contributed by atoms with Gasteiger partial charge in [-0.3, -0.25) is 5.41 Å². The molecule has 0 fully saturated rings. The van der Waals surface area contributed by atoms with Gasteiger partial charge in [-0.25, -0.2) is 0 Å². The van der Waals surface area contributed by atoms with Crippen molar-refractivity contribution in [1.29, 1.82) is 5.41 Å². The first-order valence-corrected chi connectivity index (χ1v) is 3.72. The van der Waals surface area contributed by atoms with Crippen LogP contribution in [0.1, 0.15) is 0 Å². The van der Waals surface area contributed by atoms with Gasteiger partial charge in [-0.2, -0.15) is 0 Å². The number of nitrogens with one attached hydrogen (secondary N) is 1. The number of nitrogen functional groups attached to an aromatic ring is 1. The number of aromatic nitrogens is 2. The van der Waals surface area contributed by atoms with Gasteiger partial charge in [0.15, 0.2) is 11.2 Å². The number of nitrogens with zero attached hydrogens (tertiary/aromatic N) is 2. The third-order valence-corrected chi connectivity index (χ3v) is 2.02. The fourth-order valence-electron chi connectivity index (χ4n) is 1.29. The van der Waals surface area contributed by atoms with Crippen molar-refractivity contribution < 1.29 is 15.5 Å². The lowest BCUT2D eigenvalue weighted by Crippen LogP contribution is -2.18. The first kappa shape index (κ1) is 8.30. The molecule has 74 valence electrons. The molecule has 0 amide bonds. The Balaban J connectivity index is 3.11. The third-order valence-electron chi connectivity index (χ3n) is 2.02. The average molecular weight is 196 g/mol. The minimum atomic E-state index is -0.438. The second kappa shape index (κ2) is 2.34. The van der Waals surface area contributed by atoms with Crippen LogP contribution in [0.5, 0.6) is 5.75 Å². The lowest BCUT2D eigenvalue weighted by atomic mass is 10.2. The molecule has 0 bridgehead atoms. The summed E-state index contributed by atoms with van der Waals surface area (Å²) in [4.78, 5) is 0.542. The summed E-state index contributed by atoms with van der Waals surface area (Å²) in [5.74, 6) is -0.330. The summed E-state index contributed by atoms with van der Waals surface area (Å²) >= 11 is 0. The zero-order valence-corrected chi connectivity index (χ0v) is 6.97. The predicted octanol–water partition coefficient (Wildman–Crippen LogP) is -0.315. The molecule has 14 heavy (non-hydrogen) atoms. The number of hydrogen-bond acceptors (Lipinski definition) is 5. The Kier molecular flexibility index (Phi) is 1.39. The predicted molar refractivity (Wildman–Crippen MR) is 46.2 cm³/mol. The normalized spacial score (nSPS) is 10.9. The smallest absolute Gasteiger partial charge is 0.197 e. The van der Waals surface area contributed by atoms with Crippen molar-refractivity contribution in [3.63, 3.8) is 0 Å². The van der Waals surface area contributed by atoms with E-state index < -0.39 is 5.49 Å². The van der Waals surface area contributed by atoms with Crippen LogP contribution in [-0.2, 0) is 0 Å². The second-order valence-electron chi connectivity index (χ2n) is 2.83. The SMILES string of the molecule is N=c1c2c(O)c(N)ccc2n(O)n1O. The summed E-state index contributed by atoms with van der Waals surface area (Å²) in [5, 5.41) is 35.2. The van der Waals surface area contributed by atoms with Gasteiger partial charge < -0.3 is 21.3 Å². The van der Waals surface area contributed by atoms with E-state index in [1.54, 1.807) is 0 Å². The zero-order chi connectivity index (χ0) is 10.5. The van der Waals surface area contributed by atoms with Crippen molar-refractivity contribution in [1.82, 2.24) is 9.69 Å². The van der Waals surface area contributed by atoms with Crippen LogP contribution in [0.15, 0.2) is 12.1 Å². The molecular weight excluding hydrogens is 188 g/mol. The van der Waals surface area contributed by atoms with Crippen LogP contribution in [0.2, 0.25) is 0 Å². The Hall–Kier alpha value is -2.31. The number of hydrogen-bond donors (Lipinski definition) is 5. The van der Waals surface area contributed by atoms with Crippen molar-refractivity contribution in [2.24, 2.45) is 0 Å². The number of anilines is 1. The molecule has 2 rings (SSSR count). The molecule has 0 atom stereocenters. The molecule has 1 heterocycles. The first-order valence-electron chi connectivity index (χ1n) is 3.72. The van der Waals surface area contributed by atoms with Crippen LogP contribution in [-0.4, -0.2) is 25.2 Å². The fraction of sp³-hybridized carbons (Fsp3) is 0. The Morgan fingerprint density at radius 1 is 1.21 bits per heavy atom. The maximum absolute atomic E-state index is 9.48. The van der Waals surface area contributed by atoms with Crippen LogP contribution >= 0.6 is 0 Å². The highest BCUT2D eigenvalue weighted by Crippen LogP contribution is 2.27. The van der Waals surface area contributed by atoms with E-state index in [9.17, 15) is 10.3 Å². The highest BCUT2D eigenvalue weighted by Gasteiger charge is 2.14. The van der Waals surface area contributed by atoms with Crippen molar-refractivity contribution in [3.8, 4) is 5.75 Å². The highest BCUT2D eigenvalue weighted by atomic mass is 16.6. The van der Waals surface area contributed by atoms with Crippen molar-refractivity contribution >= 4 is 16.6 Å². The fourth-order valence-corrected chi connectivity index (χ4v) is 1.29. The maximum atomic E-state index is 9.48. The Bertz CT molecular complexity index is 568. The lowest BCUT2D eigenvalue weighted by molar-refractivity contribution is -0.0104. The number of benzene rings is 1. The van der Waals surface area contributed by atoms with E-state index in [1.165, 1.54) is 12.1 Å². The van der Waals surface area contributed by atoms with Gasteiger partial charge >= 0.3 is 0 Å². The number of aromatic hydroxyl groups is 1. The van der Waals surface area contributed by atoms with Crippen LogP contribution in [0.25, 0.3) is 10.9 Å². The van der Waals surface area contributed by atoms with Gasteiger partial charge in [-0.05, 0) is 12.1 Å². The molecule has 7 heteroatoms. The molecule has 0 aliphatic heterocycles. The van der Waals surface area contributed by atoms with E-state index in [0.29, 0.717) is 4.85 Å². The maximum Gasteiger partial charge on any atom is 0.197 e. The highest BCUT2D eigenvalue weighted by molar-refractivity contribution is 5.89. The Labute approximate surface area is 77.2 Å². The second-order valence-corrected chi connectivity index (χ2v) is 2.83. The number of nitrogens with two attached hydrogens (primary N) is 1. The third kappa shape index (κ3) is 0.777. The molecule has 6 N–H and O–H groups in total. The van der Waals surface area contributed by atoms with Crippen molar-refractivity contribution in [2.45, 2.75) is 0 Å². The summed E-state index contributed by atoms with van der Waals surface area (Å²) < 4.78 is 0. The summed E-state index contributed by atoms with van der Waals surface area (Å²) in [6, 6.07) is 2.75. The van der Waals surface area contributed by atoms with Gasteiger partial charge in [0.2, 0.25) is 0 Å². The van der Waals surface area contributed by atoms with E-state index in [2.05, 4.69) is 0 Å². The van der Waals surface area contributed by atoms with E-state index in [1.807, 2.05) is 0 Å². The largest absolute Gasteiger partial charge is 0.505 e.